The predicted molar refractivity (Wildman–Crippen MR) is 84.0 cm³/mol. The molecule has 4 nitrogen and oxygen atoms in total. The Hall–Kier alpha value is -1.79. The van der Waals surface area contributed by atoms with Gasteiger partial charge in [-0.2, -0.15) is 0 Å². The molecule has 0 saturated heterocycles. The van der Waals surface area contributed by atoms with E-state index in [9.17, 15) is 4.79 Å². The molecule has 2 aliphatic carbocycles. The van der Waals surface area contributed by atoms with Gasteiger partial charge in [0.15, 0.2) is 5.78 Å². The summed E-state index contributed by atoms with van der Waals surface area (Å²) in [6, 6.07) is 8.19. The monoisotopic (exact) mass is 302 g/mol. The van der Waals surface area contributed by atoms with Crippen molar-refractivity contribution in [3.63, 3.8) is 0 Å². The smallest absolute Gasteiger partial charge is 0.379 e. The third-order valence-electron chi connectivity index (χ3n) is 3.16. The molecule has 5 heteroatoms. The third-order valence-corrected chi connectivity index (χ3v) is 4.32. The van der Waals surface area contributed by atoms with Crippen LogP contribution in [-0.4, -0.2) is 36.6 Å². The average Bonchev–Trinajstić information content (AvgIpc) is 2.87. The van der Waals surface area contributed by atoms with Crippen LogP contribution in [0.3, 0.4) is 0 Å². The summed E-state index contributed by atoms with van der Waals surface area (Å²) in [5, 5.41) is 2.43. The lowest BCUT2D eigenvalue weighted by Crippen LogP contribution is -2.21. The number of carbonyl (C=O) groups is 1. The van der Waals surface area contributed by atoms with Gasteiger partial charge in [0.05, 0.1) is 0 Å². The summed E-state index contributed by atoms with van der Waals surface area (Å²) in [5.74, 6) is 0.0767. The maximum absolute atomic E-state index is 11.2. The van der Waals surface area contributed by atoms with Gasteiger partial charge in [-0.1, -0.05) is 24.3 Å². The van der Waals surface area contributed by atoms with Crippen LogP contribution in [0.4, 0.5) is 0 Å². The van der Waals surface area contributed by atoms with E-state index in [1.807, 2.05) is 18.2 Å². The molecule has 1 aromatic carbocycles. The Morgan fingerprint density at radius 2 is 1.57 bits per heavy atom. The number of carbonyl (C=O) groups excluding carboxylic acids is 1. The number of ketones is 1. The summed E-state index contributed by atoms with van der Waals surface area (Å²) in [4.78, 5) is 11.2. The zero-order valence-electron chi connectivity index (χ0n) is 12.3. The molecule has 0 aromatic heterocycles. The van der Waals surface area contributed by atoms with Crippen molar-refractivity contribution in [3.8, 4) is 0 Å². The van der Waals surface area contributed by atoms with Crippen molar-refractivity contribution >= 4 is 27.0 Å². The predicted octanol–water partition coefficient (Wildman–Crippen LogP) is 0.339. The molecule has 2 aliphatic rings. The van der Waals surface area contributed by atoms with Crippen LogP contribution < -0.4 is 10.4 Å². The quantitative estimate of drug-likeness (QED) is 0.755. The Kier molecular flexibility index (Phi) is 5.41. The van der Waals surface area contributed by atoms with E-state index >= 15 is 0 Å². The van der Waals surface area contributed by atoms with Crippen LogP contribution in [0.25, 0.3) is 11.6 Å². The second kappa shape index (κ2) is 7.28. The van der Waals surface area contributed by atoms with Gasteiger partial charge in [0.25, 0.3) is 0 Å². The van der Waals surface area contributed by atoms with Crippen LogP contribution >= 0.6 is 0 Å². The second-order valence-electron chi connectivity index (χ2n) is 4.48. The van der Waals surface area contributed by atoms with Gasteiger partial charge in [0.1, 0.15) is 0 Å². The molecule has 0 heterocycles. The van der Waals surface area contributed by atoms with E-state index < -0.39 is 9.53 Å². The molecule has 0 radical (unpaired) electrons. The molecule has 0 amide bonds. The first-order valence-corrected chi connectivity index (χ1v) is 7.94. The molecule has 110 valence electrons. The summed E-state index contributed by atoms with van der Waals surface area (Å²) in [7, 11) is 3.05. The molecule has 3 rings (SSSR count). The van der Waals surface area contributed by atoms with Crippen molar-refractivity contribution < 1.29 is 18.1 Å². The Morgan fingerprint density at radius 1 is 0.905 bits per heavy atom. The third kappa shape index (κ3) is 3.65. The molecule has 0 saturated carbocycles. The molecular weight excluding hydrogens is 284 g/mol. The van der Waals surface area contributed by atoms with E-state index in [0.29, 0.717) is 0 Å². The van der Waals surface area contributed by atoms with Crippen molar-refractivity contribution in [2.24, 2.45) is 0 Å². The summed E-state index contributed by atoms with van der Waals surface area (Å²) < 4.78 is 14.2. The zero-order chi connectivity index (χ0) is 15.2. The van der Waals surface area contributed by atoms with Crippen LogP contribution in [0.15, 0.2) is 48.1 Å². The van der Waals surface area contributed by atoms with E-state index in [1.165, 1.54) is 16.0 Å². The Labute approximate surface area is 125 Å². The molecule has 0 aliphatic heterocycles. The first-order chi connectivity index (χ1) is 10.2. The molecule has 1 aromatic rings. The molecule has 21 heavy (non-hydrogen) atoms. The highest BCUT2D eigenvalue weighted by Crippen LogP contribution is 2.19. The second-order valence-corrected chi connectivity index (χ2v) is 6.47. The van der Waals surface area contributed by atoms with Crippen LogP contribution in [-0.2, 0) is 18.1 Å². The van der Waals surface area contributed by atoms with Crippen molar-refractivity contribution in [1.82, 2.24) is 0 Å². The van der Waals surface area contributed by atoms with Crippen molar-refractivity contribution in [3.05, 3.63) is 58.5 Å². The summed E-state index contributed by atoms with van der Waals surface area (Å²) in [6.07, 6.45) is 7.27. The SMILES string of the molecule is CO[SiH](OC)OC.O=C1C=CC2=c3ccccc3=CC2=C1. The van der Waals surface area contributed by atoms with Gasteiger partial charge in [-0.05, 0) is 45.9 Å². The minimum absolute atomic E-state index is 0.0767. The fraction of sp³-hybridized carbons (Fsp3) is 0.188. The fourth-order valence-corrected chi connectivity index (χ4v) is 2.81. The Morgan fingerprint density at radius 3 is 2.19 bits per heavy atom. The van der Waals surface area contributed by atoms with Gasteiger partial charge in [-0.25, -0.2) is 0 Å². The lowest BCUT2D eigenvalue weighted by molar-refractivity contribution is -0.110. The summed E-state index contributed by atoms with van der Waals surface area (Å²) in [5.41, 5.74) is 2.21. The maximum Gasteiger partial charge on any atom is 0.483 e. The largest absolute Gasteiger partial charge is 0.483 e. The number of allylic oxidation sites excluding steroid dienone is 4. The van der Waals surface area contributed by atoms with Gasteiger partial charge in [-0.15, -0.1) is 0 Å². The molecule has 0 spiro atoms. The standard InChI is InChI=1S/C13H8O.C3H10O3Si/c14-11-5-6-13-10(8-11)7-9-3-1-2-4-12(9)13;1-4-7(5-2)6-3/h1-8H;7H,1-3H3. The van der Waals surface area contributed by atoms with Gasteiger partial charge < -0.3 is 13.3 Å². The van der Waals surface area contributed by atoms with Gasteiger partial charge >= 0.3 is 9.53 Å². The van der Waals surface area contributed by atoms with E-state index in [1.54, 1.807) is 33.5 Å². The molecular formula is C16H18O4Si. The normalized spacial score (nSPS) is 15.0. The zero-order valence-corrected chi connectivity index (χ0v) is 13.5. The molecule has 0 unspecified atom stereocenters. The molecule has 0 fully saturated rings. The maximum atomic E-state index is 11.2. The van der Waals surface area contributed by atoms with E-state index in [-0.39, 0.29) is 5.78 Å². The van der Waals surface area contributed by atoms with Crippen LogP contribution in [0.1, 0.15) is 0 Å². The molecule has 0 N–H and O–H groups in total. The van der Waals surface area contributed by atoms with Crippen LogP contribution in [0, 0.1) is 0 Å². The van der Waals surface area contributed by atoms with Crippen molar-refractivity contribution in [2.75, 3.05) is 21.3 Å². The number of rotatable bonds is 3. The number of hydrogen-bond acceptors (Lipinski definition) is 4. The van der Waals surface area contributed by atoms with Gasteiger partial charge in [0, 0.05) is 21.3 Å². The lowest BCUT2D eigenvalue weighted by atomic mass is 10.0. The average molecular weight is 302 g/mol. The lowest BCUT2D eigenvalue weighted by Gasteiger charge is -2.05. The molecule has 0 bridgehead atoms. The number of fused-ring (bicyclic) bond motifs is 2. The van der Waals surface area contributed by atoms with Crippen LogP contribution in [0.5, 0.6) is 0 Å². The minimum Gasteiger partial charge on any atom is -0.379 e. The number of benzene rings is 1. The highest BCUT2D eigenvalue weighted by atomic mass is 28.3. The van der Waals surface area contributed by atoms with E-state index in [2.05, 4.69) is 18.2 Å². The fourth-order valence-electron chi connectivity index (χ4n) is 2.23. The van der Waals surface area contributed by atoms with E-state index in [0.717, 1.165) is 5.57 Å². The highest BCUT2D eigenvalue weighted by molar-refractivity contribution is 6.36. The minimum atomic E-state index is -1.67. The number of hydrogen-bond donors (Lipinski definition) is 0. The van der Waals surface area contributed by atoms with Crippen molar-refractivity contribution in [1.29, 1.82) is 0 Å². The molecule has 0 atom stereocenters. The van der Waals surface area contributed by atoms with Crippen molar-refractivity contribution in [2.45, 2.75) is 0 Å². The topological polar surface area (TPSA) is 44.8 Å². The van der Waals surface area contributed by atoms with E-state index in [4.69, 9.17) is 13.3 Å². The highest BCUT2D eigenvalue weighted by Gasteiger charge is 2.12. The summed E-state index contributed by atoms with van der Waals surface area (Å²) >= 11 is 0. The van der Waals surface area contributed by atoms with Gasteiger partial charge in [-0.3, -0.25) is 4.79 Å². The summed E-state index contributed by atoms with van der Waals surface area (Å²) in [6.45, 7) is 0. The first kappa shape index (κ1) is 15.6. The first-order valence-electron chi connectivity index (χ1n) is 6.53. The Balaban J connectivity index is 0.000000199. The van der Waals surface area contributed by atoms with Gasteiger partial charge in [0.2, 0.25) is 0 Å². The Bertz CT molecular complexity index is 694. The van der Waals surface area contributed by atoms with Crippen LogP contribution in [0.2, 0.25) is 0 Å².